The highest BCUT2D eigenvalue weighted by atomic mass is 16.7. The average Bonchev–Trinajstić information content (AvgIpc) is 2.95. The molecule has 0 saturated carbocycles. The molecule has 0 fully saturated rings. The Hall–Kier alpha value is -2.53. The molecule has 3 N–H and O–H groups in total. The number of benzene rings is 2. The maximum Gasteiger partial charge on any atom is 0.249 e. The Morgan fingerprint density at radius 3 is 2.76 bits per heavy atom. The van der Waals surface area contributed by atoms with Gasteiger partial charge in [0.2, 0.25) is 12.7 Å². The molecular formula is C16H16N2O3. The summed E-state index contributed by atoms with van der Waals surface area (Å²) in [4.78, 5) is 11.3. The van der Waals surface area contributed by atoms with Crippen LogP contribution in [0, 0.1) is 0 Å². The molecule has 21 heavy (non-hydrogen) atoms. The molecule has 0 saturated heterocycles. The third-order valence-corrected chi connectivity index (χ3v) is 3.36. The van der Waals surface area contributed by atoms with E-state index < -0.39 is 5.91 Å². The highest BCUT2D eigenvalue weighted by Gasteiger charge is 2.13. The van der Waals surface area contributed by atoms with Crippen LogP contribution in [0.15, 0.2) is 42.5 Å². The van der Waals surface area contributed by atoms with Crippen molar-refractivity contribution in [3.8, 4) is 11.5 Å². The maximum absolute atomic E-state index is 11.3. The fraction of sp³-hybridized carbons (Fsp3) is 0.188. The van der Waals surface area contributed by atoms with Crippen molar-refractivity contribution in [3.63, 3.8) is 0 Å². The molecule has 0 aromatic heterocycles. The first-order chi connectivity index (χ1) is 10.2. The Bertz CT molecular complexity index is 670. The van der Waals surface area contributed by atoms with Gasteiger partial charge in [0.1, 0.15) is 0 Å². The number of fused-ring (bicyclic) bond motifs is 1. The molecule has 0 bridgehead atoms. The SMILES string of the molecule is NC(=O)c1ccccc1CNCc1ccc2c(c1)OCO2. The van der Waals surface area contributed by atoms with Crippen molar-refractivity contribution in [1.29, 1.82) is 0 Å². The van der Waals surface area contributed by atoms with Gasteiger partial charge in [0, 0.05) is 18.7 Å². The molecule has 0 unspecified atom stereocenters. The van der Waals surface area contributed by atoms with Crippen LogP contribution < -0.4 is 20.5 Å². The lowest BCUT2D eigenvalue weighted by Crippen LogP contribution is -2.18. The molecular weight excluding hydrogens is 268 g/mol. The van der Waals surface area contributed by atoms with Gasteiger partial charge < -0.3 is 20.5 Å². The zero-order valence-electron chi connectivity index (χ0n) is 11.5. The van der Waals surface area contributed by atoms with E-state index in [4.69, 9.17) is 15.2 Å². The second-order valence-electron chi connectivity index (χ2n) is 4.81. The van der Waals surface area contributed by atoms with E-state index in [0.29, 0.717) is 18.7 Å². The second kappa shape index (κ2) is 5.85. The van der Waals surface area contributed by atoms with Gasteiger partial charge in [0.15, 0.2) is 11.5 Å². The molecule has 5 heteroatoms. The fourth-order valence-electron chi connectivity index (χ4n) is 2.31. The first kappa shape index (κ1) is 13.5. The van der Waals surface area contributed by atoms with Crippen molar-refractivity contribution in [2.75, 3.05) is 6.79 Å². The number of rotatable bonds is 5. The minimum Gasteiger partial charge on any atom is -0.454 e. The second-order valence-corrected chi connectivity index (χ2v) is 4.81. The Morgan fingerprint density at radius 2 is 1.90 bits per heavy atom. The molecule has 1 heterocycles. The van der Waals surface area contributed by atoms with Crippen LogP contribution in [-0.4, -0.2) is 12.7 Å². The van der Waals surface area contributed by atoms with Gasteiger partial charge in [-0.25, -0.2) is 0 Å². The highest BCUT2D eigenvalue weighted by Crippen LogP contribution is 2.32. The van der Waals surface area contributed by atoms with E-state index in [9.17, 15) is 4.79 Å². The molecule has 0 atom stereocenters. The van der Waals surface area contributed by atoms with Crippen LogP contribution in [0.1, 0.15) is 21.5 Å². The van der Waals surface area contributed by atoms with E-state index >= 15 is 0 Å². The van der Waals surface area contributed by atoms with Crippen molar-refractivity contribution >= 4 is 5.91 Å². The Labute approximate surface area is 122 Å². The lowest BCUT2D eigenvalue weighted by molar-refractivity contribution is 0.0999. The van der Waals surface area contributed by atoms with Crippen LogP contribution in [0.3, 0.4) is 0 Å². The monoisotopic (exact) mass is 284 g/mol. The van der Waals surface area contributed by atoms with Crippen LogP contribution in [0.4, 0.5) is 0 Å². The lowest BCUT2D eigenvalue weighted by Gasteiger charge is -2.09. The average molecular weight is 284 g/mol. The normalized spacial score (nSPS) is 12.4. The van der Waals surface area contributed by atoms with Gasteiger partial charge >= 0.3 is 0 Å². The Balaban J connectivity index is 1.63. The number of primary amides is 1. The number of ether oxygens (including phenoxy) is 2. The minimum atomic E-state index is -0.407. The van der Waals surface area contributed by atoms with Gasteiger partial charge in [-0.2, -0.15) is 0 Å². The van der Waals surface area contributed by atoms with Crippen LogP contribution >= 0.6 is 0 Å². The topological polar surface area (TPSA) is 73.6 Å². The number of nitrogens with two attached hydrogens (primary N) is 1. The number of nitrogens with one attached hydrogen (secondary N) is 1. The first-order valence-electron chi connectivity index (χ1n) is 6.71. The van der Waals surface area contributed by atoms with Gasteiger partial charge in [0.25, 0.3) is 0 Å². The van der Waals surface area contributed by atoms with Gasteiger partial charge in [-0.15, -0.1) is 0 Å². The van der Waals surface area contributed by atoms with Gasteiger partial charge in [-0.3, -0.25) is 4.79 Å². The molecule has 1 amide bonds. The van der Waals surface area contributed by atoms with E-state index in [2.05, 4.69) is 5.32 Å². The zero-order valence-corrected chi connectivity index (χ0v) is 11.5. The third kappa shape index (κ3) is 2.98. The summed E-state index contributed by atoms with van der Waals surface area (Å²) < 4.78 is 10.6. The molecule has 3 rings (SSSR count). The largest absolute Gasteiger partial charge is 0.454 e. The summed E-state index contributed by atoms with van der Waals surface area (Å²) in [5.41, 5.74) is 7.90. The summed E-state index contributed by atoms with van der Waals surface area (Å²) in [6, 6.07) is 13.2. The summed E-state index contributed by atoms with van der Waals surface area (Å²) in [6.07, 6.45) is 0. The molecule has 0 spiro atoms. The fourth-order valence-corrected chi connectivity index (χ4v) is 2.31. The molecule has 1 aliphatic rings. The van der Waals surface area contributed by atoms with Crippen LogP contribution in [-0.2, 0) is 13.1 Å². The standard InChI is InChI=1S/C16H16N2O3/c17-16(19)13-4-2-1-3-12(13)9-18-8-11-5-6-14-15(7-11)21-10-20-14/h1-7,18H,8-10H2,(H2,17,19). The summed E-state index contributed by atoms with van der Waals surface area (Å²) >= 11 is 0. The van der Waals surface area contributed by atoms with Crippen LogP contribution in [0.2, 0.25) is 0 Å². The van der Waals surface area contributed by atoms with E-state index in [0.717, 1.165) is 22.6 Å². The van der Waals surface area contributed by atoms with Crippen LogP contribution in [0.25, 0.3) is 0 Å². The Kier molecular flexibility index (Phi) is 3.75. The highest BCUT2D eigenvalue weighted by molar-refractivity contribution is 5.94. The zero-order chi connectivity index (χ0) is 14.7. The van der Waals surface area contributed by atoms with Crippen molar-refractivity contribution in [3.05, 3.63) is 59.2 Å². The molecule has 0 aliphatic carbocycles. The van der Waals surface area contributed by atoms with Crippen molar-refractivity contribution < 1.29 is 14.3 Å². The maximum atomic E-state index is 11.3. The predicted molar refractivity (Wildman–Crippen MR) is 78.1 cm³/mol. The summed E-state index contributed by atoms with van der Waals surface area (Å²) in [6.45, 7) is 1.52. The molecule has 108 valence electrons. The first-order valence-corrected chi connectivity index (χ1v) is 6.71. The van der Waals surface area contributed by atoms with Crippen LogP contribution in [0.5, 0.6) is 11.5 Å². The van der Waals surface area contributed by atoms with E-state index in [1.807, 2.05) is 30.3 Å². The number of amides is 1. The Morgan fingerprint density at radius 1 is 1.10 bits per heavy atom. The summed E-state index contributed by atoms with van der Waals surface area (Å²) in [7, 11) is 0. The van der Waals surface area contributed by atoms with Crippen molar-refractivity contribution in [2.24, 2.45) is 5.73 Å². The molecule has 1 aliphatic heterocycles. The minimum absolute atomic E-state index is 0.276. The van der Waals surface area contributed by atoms with Gasteiger partial charge in [-0.1, -0.05) is 24.3 Å². The molecule has 0 radical (unpaired) electrons. The quantitative estimate of drug-likeness (QED) is 0.878. The van der Waals surface area contributed by atoms with Gasteiger partial charge in [0.05, 0.1) is 0 Å². The molecule has 2 aromatic carbocycles. The number of carbonyl (C=O) groups is 1. The van der Waals surface area contributed by atoms with Crippen molar-refractivity contribution in [1.82, 2.24) is 5.32 Å². The van der Waals surface area contributed by atoms with E-state index in [1.54, 1.807) is 12.1 Å². The lowest BCUT2D eigenvalue weighted by atomic mass is 10.1. The molecule has 5 nitrogen and oxygen atoms in total. The van der Waals surface area contributed by atoms with Crippen molar-refractivity contribution in [2.45, 2.75) is 13.1 Å². The predicted octanol–water partition coefficient (Wildman–Crippen LogP) is 1.80. The number of hydrogen-bond donors (Lipinski definition) is 2. The molecule has 2 aromatic rings. The summed E-state index contributed by atoms with van der Waals surface area (Å²) in [5.74, 6) is 1.14. The van der Waals surface area contributed by atoms with E-state index in [-0.39, 0.29) is 6.79 Å². The number of hydrogen-bond acceptors (Lipinski definition) is 4. The summed E-state index contributed by atoms with van der Waals surface area (Å²) in [5, 5.41) is 3.30. The van der Waals surface area contributed by atoms with Gasteiger partial charge in [-0.05, 0) is 29.3 Å². The van der Waals surface area contributed by atoms with E-state index in [1.165, 1.54) is 0 Å². The number of carbonyl (C=O) groups excluding carboxylic acids is 1. The smallest absolute Gasteiger partial charge is 0.249 e. The third-order valence-electron chi connectivity index (χ3n) is 3.36.